The van der Waals surface area contributed by atoms with E-state index < -0.39 is 16.2 Å². The molecule has 0 aliphatic carbocycles. The molecule has 14 heteroatoms. The van der Waals surface area contributed by atoms with Crippen LogP contribution in [-0.2, 0) is 18.9 Å². The highest BCUT2D eigenvalue weighted by molar-refractivity contribution is 8.00. The van der Waals surface area contributed by atoms with Crippen LogP contribution < -0.4 is 26.0 Å². The van der Waals surface area contributed by atoms with Crippen LogP contribution in [0.1, 0.15) is 0 Å². The fraction of sp³-hybridized carbons (Fsp3) is 0.208. The van der Waals surface area contributed by atoms with Crippen molar-refractivity contribution >= 4 is 40.1 Å². The summed E-state index contributed by atoms with van der Waals surface area (Å²) in [5.41, 5.74) is -0.265. The lowest BCUT2D eigenvalue weighted by Gasteiger charge is -2.19. The number of aromatic nitrogens is 4. The van der Waals surface area contributed by atoms with Crippen molar-refractivity contribution in [2.24, 2.45) is 14.1 Å². The minimum Gasteiger partial charge on any atom is -0.486 e. The Hall–Kier alpha value is -4.72. The maximum atomic E-state index is 13.0. The maximum Gasteiger partial charge on any atom is 0.332 e. The minimum absolute atomic E-state index is 0.0798. The monoisotopic (exact) mass is 536 g/mol. The average Bonchev–Trinajstić information content (AvgIpc) is 2.93. The van der Waals surface area contributed by atoms with Crippen LogP contribution in [0.15, 0.2) is 57.1 Å². The molecule has 0 saturated carbocycles. The van der Waals surface area contributed by atoms with Crippen LogP contribution in [-0.4, -0.2) is 48.9 Å². The number of nitro groups is 1. The topological polar surface area (TPSA) is 160 Å². The third kappa shape index (κ3) is 4.68. The molecule has 1 aliphatic heterocycles. The van der Waals surface area contributed by atoms with Crippen molar-refractivity contribution in [3.8, 4) is 22.9 Å². The van der Waals surface area contributed by atoms with Crippen LogP contribution in [0.25, 0.3) is 22.4 Å². The maximum absolute atomic E-state index is 13.0. The second-order valence-corrected chi connectivity index (χ2v) is 9.22. The van der Waals surface area contributed by atoms with E-state index in [4.69, 9.17) is 9.47 Å². The third-order valence-electron chi connectivity index (χ3n) is 5.77. The van der Waals surface area contributed by atoms with Crippen molar-refractivity contribution in [3.05, 3.63) is 73.4 Å². The largest absolute Gasteiger partial charge is 0.486 e. The van der Waals surface area contributed by atoms with E-state index >= 15 is 0 Å². The Morgan fingerprint density at radius 2 is 1.76 bits per heavy atom. The van der Waals surface area contributed by atoms with E-state index in [0.717, 1.165) is 16.3 Å². The van der Waals surface area contributed by atoms with Gasteiger partial charge in [0.2, 0.25) is 5.91 Å². The number of rotatable bonds is 6. The normalized spacial score (nSPS) is 12.4. The van der Waals surface area contributed by atoms with Crippen LogP contribution in [0.4, 0.5) is 11.4 Å². The number of benzene rings is 2. The van der Waals surface area contributed by atoms with Crippen molar-refractivity contribution in [2.75, 3.05) is 24.3 Å². The summed E-state index contributed by atoms with van der Waals surface area (Å²) in [5, 5.41) is 14.1. The highest BCUT2D eigenvalue weighted by Gasteiger charge is 2.20. The van der Waals surface area contributed by atoms with Gasteiger partial charge in [0.15, 0.2) is 23.0 Å². The molecule has 0 fully saturated rings. The molecule has 0 saturated heterocycles. The first kappa shape index (κ1) is 25.0. The first-order valence-corrected chi connectivity index (χ1v) is 12.3. The van der Waals surface area contributed by atoms with Crippen LogP contribution in [0.3, 0.4) is 0 Å². The second kappa shape index (κ2) is 9.97. The summed E-state index contributed by atoms with van der Waals surface area (Å²) in [6.45, 7) is 0.866. The van der Waals surface area contributed by atoms with Crippen molar-refractivity contribution < 1.29 is 19.2 Å². The van der Waals surface area contributed by atoms with Gasteiger partial charge in [0.25, 0.3) is 11.2 Å². The molecule has 0 bridgehead atoms. The number of nitro benzene ring substituents is 1. The molecule has 1 amide bonds. The quantitative estimate of drug-likeness (QED) is 0.167. The number of non-ortho nitro benzene ring substituents is 1. The van der Waals surface area contributed by atoms with E-state index in [2.05, 4.69) is 15.3 Å². The first-order valence-electron chi connectivity index (χ1n) is 11.3. The Balaban J connectivity index is 1.48. The first-order chi connectivity index (χ1) is 18.2. The number of ether oxygens (including phenoxy) is 2. The Labute approximate surface area is 218 Å². The van der Waals surface area contributed by atoms with E-state index in [0.29, 0.717) is 36.0 Å². The van der Waals surface area contributed by atoms with Crippen LogP contribution >= 0.6 is 11.8 Å². The summed E-state index contributed by atoms with van der Waals surface area (Å²) in [5.74, 6) is 0.797. The average molecular weight is 537 g/mol. The van der Waals surface area contributed by atoms with Gasteiger partial charge in [0.1, 0.15) is 23.6 Å². The predicted octanol–water partition coefficient (Wildman–Crippen LogP) is 2.10. The van der Waals surface area contributed by atoms with Gasteiger partial charge in [-0.3, -0.25) is 28.8 Å². The number of thioether (sulfide) groups is 1. The molecule has 3 heterocycles. The number of anilines is 1. The number of aryl methyl sites for hydroxylation is 1. The van der Waals surface area contributed by atoms with Gasteiger partial charge in [-0.25, -0.2) is 14.8 Å². The van der Waals surface area contributed by atoms with Crippen molar-refractivity contribution in [2.45, 2.75) is 5.03 Å². The molecule has 2 aromatic heterocycles. The smallest absolute Gasteiger partial charge is 0.332 e. The SMILES string of the molecule is Cn1c(=O)c2c(SCC(=O)Nc3ccc4c(c3)OCCO4)nc(-c3ccc([N+](=O)[O-])cc3)nc2n(C)c1=O. The molecule has 1 aliphatic rings. The zero-order valence-corrected chi connectivity index (χ0v) is 21.0. The molecule has 0 radical (unpaired) electrons. The summed E-state index contributed by atoms with van der Waals surface area (Å²) < 4.78 is 13.2. The predicted molar refractivity (Wildman–Crippen MR) is 139 cm³/mol. The standard InChI is InChI=1S/C24H20N6O7S/c1-28-21-19(23(32)29(2)24(28)33)22(27-20(26-21)13-3-6-15(7-4-13)30(34)35)38-12-18(31)25-14-5-8-16-17(11-14)37-10-9-36-16/h3-8,11H,9-10,12H2,1-2H3,(H,25,31). The molecule has 194 valence electrons. The highest BCUT2D eigenvalue weighted by Crippen LogP contribution is 2.33. The van der Waals surface area contributed by atoms with Gasteiger partial charge in [-0.2, -0.15) is 0 Å². The van der Waals surface area contributed by atoms with E-state index in [1.165, 1.54) is 42.9 Å². The fourth-order valence-electron chi connectivity index (χ4n) is 3.85. The van der Waals surface area contributed by atoms with Crippen LogP contribution in [0, 0.1) is 10.1 Å². The number of hydrogen-bond acceptors (Lipinski definition) is 10. The molecule has 2 aromatic carbocycles. The van der Waals surface area contributed by atoms with Gasteiger partial charge in [0.05, 0.1) is 10.7 Å². The van der Waals surface area contributed by atoms with E-state index in [-0.39, 0.29) is 39.2 Å². The molecular weight excluding hydrogens is 516 g/mol. The Morgan fingerprint density at radius 1 is 1.05 bits per heavy atom. The number of carbonyl (C=O) groups excluding carboxylic acids is 1. The molecule has 0 unspecified atom stereocenters. The Morgan fingerprint density at radius 3 is 2.47 bits per heavy atom. The van der Waals surface area contributed by atoms with Crippen LogP contribution in [0.2, 0.25) is 0 Å². The molecule has 13 nitrogen and oxygen atoms in total. The molecule has 0 spiro atoms. The molecule has 38 heavy (non-hydrogen) atoms. The molecular formula is C24H20N6O7S. The van der Waals surface area contributed by atoms with Crippen molar-refractivity contribution in [1.29, 1.82) is 0 Å². The highest BCUT2D eigenvalue weighted by atomic mass is 32.2. The fourth-order valence-corrected chi connectivity index (χ4v) is 4.66. The zero-order chi connectivity index (χ0) is 27.0. The lowest BCUT2D eigenvalue weighted by molar-refractivity contribution is -0.384. The van der Waals surface area contributed by atoms with Gasteiger partial charge in [-0.15, -0.1) is 0 Å². The number of carbonyl (C=O) groups is 1. The van der Waals surface area contributed by atoms with Crippen molar-refractivity contribution in [1.82, 2.24) is 19.1 Å². The van der Waals surface area contributed by atoms with Gasteiger partial charge < -0.3 is 14.8 Å². The van der Waals surface area contributed by atoms with E-state index in [1.54, 1.807) is 18.2 Å². The molecule has 1 N–H and O–H groups in total. The molecule has 0 atom stereocenters. The number of nitrogens with zero attached hydrogens (tertiary/aromatic N) is 5. The van der Waals surface area contributed by atoms with Crippen LogP contribution in [0.5, 0.6) is 11.5 Å². The Bertz CT molecular complexity index is 1720. The number of nitrogens with one attached hydrogen (secondary N) is 1. The summed E-state index contributed by atoms with van der Waals surface area (Å²) in [4.78, 5) is 57.7. The summed E-state index contributed by atoms with van der Waals surface area (Å²) >= 11 is 1.00. The zero-order valence-electron chi connectivity index (χ0n) is 20.2. The summed E-state index contributed by atoms with van der Waals surface area (Å²) in [6.07, 6.45) is 0. The number of hydrogen-bond donors (Lipinski definition) is 1. The number of fused-ring (bicyclic) bond motifs is 2. The van der Waals surface area contributed by atoms with E-state index in [9.17, 15) is 24.5 Å². The Kier molecular flexibility index (Phi) is 6.55. The van der Waals surface area contributed by atoms with Gasteiger partial charge in [0, 0.05) is 43.5 Å². The summed E-state index contributed by atoms with van der Waals surface area (Å²) in [6, 6.07) is 10.6. The molecule has 5 rings (SSSR count). The van der Waals surface area contributed by atoms with E-state index in [1.807, 2.05) is 0 Å². The summed E-state index contributed by atoms with van der Waals surface area (Å²) in [7, 11) is 2.82. The van der Waals surface area contributed by atoms with Gasteiger partial charge >= 0.3 is 5.69 Å². The minimum atomic E-state index is -0.604. The van der Waals surface area contributed by atoms with Gasteiger partial charge in [-0.1, -0.05) is 11.8 Å². The van der Waals surface area contributed by atoms with Gasteiger partial charge in [-0.05, 0) is 24.3 Å². The second-order valence-electron chi connectivity index (χ2n) is 8.26. The number of amides is 1. The lowest BCUT2D eigenvalue weighted by Crippen LogP contribution is -2.37. The lowest BCUT2D eigenvalue weighted by atomic mass is 10.2. The molecule has 4 aromatic rings. The third-order valence-corrected chi connectivity index (χ3v) is 6.74. The van der Waals surface area contributed by atoms with Crippen molar-refractivity contribution in [3.63, 3.8) is 0 Å².